The van der Waals surface area contributed by atoms with Crippen LogP contribution in [0.3, 0.4) is 0 Å². The first kappa shape index (κ1) is 15.9. The molecule has 0 bridgehead atoms. The molecule has 0 aromatic heterocycles. The Morgan fingerprint density at radius 3 is 2.58 bits per heavy atom. The second-order valence-corrected chi connectivity index (χ2v) is 4.84. The molecule has 0 amide bonds. The van der Waals surface area contributed by atoms with Crippen LogP contribution in [0, 0.1) is 3.57 Å². The van der Waals surface area contributed by atoms with Gasteiger partial charge in [-0.3, -0.25) is 0 Å². The molecule has 0 aliphatic carbocycles. The van der Waals surface area contributed by atoms with Crippen molar-refractivity contribution in [2.24, 2.45) is 10.2 Å². The molecule has 0 aliphatic rings. The van der Waals surface area contributed by atoms with Gasteiger partial charge in [-0.05, 0) is 53.8 Å². The molecule has 7 heteroatoms. The summed E-state index contributed by atoms with van der Waals surface area (Å²) >= 11 is 7.64. The Balaban J connectivity index is 2.95. The number of esters is 1. The first-order valence-electron chi connectivity index (χ1n) is 5.41. The number of carbonyl (C=O) groups is 1. The number of allylic oxidation sites excluding steroid dienone is 1. The Hall–Kier alpha value is -1.15. The lowest BCUT2D eigenvalue weighted by Crippen LogP contribution is -2.09. The van der Waals surface area contributed by atoms with Crippen molar-refractivity contribution in [1.82, 2.24) is 0 Å². The highest BCUT2D eigenvalue weighted by molar-refractivity contribution is 14.1. The Bertz CT molecular complexity index is 500. The summed E-state index contributed by atoms with van der Waals surface area (Å²) in [5, 5.41) is 17.1. The number of hydrogen-bond acceptors (Lipinski definition) is 5. The molecule has 0 saturated carbocycles. The molecular weight excluding hydrogens is 383 g/mol. The molecule has 0 heterocycles. The van der Waals surface area contributed by atoms with Gasteiger partial charge >= 0.3 is 5.97 Å². The molecule has 0 unspecified atom stereocenters. The monoisotopic (exact) mass is 394 g/mol. The number of azo groups is 1. The van der Waals surface area contributed by atoms with Crippen LogP contribution in [0.15, 0.2) is 46.0 Å². The van der Waals surface area contributed by atoms with Crippen LogP contribution in [0.2, 0.25) is 0 Å². The molecule has 0 fully saturated rings. The minimum absolute atomic E-state index is 0.178. The van der Waals surface area contributed by atoms with E-state index in [9.17, 15) is 9.90 Å². The molecule has 1 N–H and O–H groups in total. The fraction of sp³-hybridized carbons (Fsp3) is 0.250. The molecule has 0 aliphatic heterocycles. The smallest absolute Gasteiger partial charge is 0.362 e. The van der Waals surface area contributed by atoms with Crippen LogP contribution in [-0.2, 0) is 9.53 Å². The number of benzene rings is 1. The van der Waals surface area contributed by atoms with Crippen molar-refractivity contribution in [3.63, 3.8) is 0 Å². The van der Waals surface area contributed by atoms with E-state index in [4.69, 9.17) is 16.3 Å². The highest BCUT2D eigenvalue weighted by atomic mass is 127. The number of ether oxygens (including phenoxy) is 1. The highest BCUT2D eigenvalue weighted by Gasteiger charge is 2.15. The molecule has 0 atom stereocenters. The molecule has 5 nitrogen and oxygen atoms in total. The first-order valence-corrected chi connectivity index (χ1v) is 7.02. The third-order valence-corrected chi connectivity index (χ3v) is 2.93. The summed E-state index contributed by atoms with van der Waals surface area (Å²) < 4.78 is 5.82. The van der Waals surface area contributed by atoms with E-state index >= 15 is 0 Å². The SMILES string of the molecule is CCOC(=O)/C(N=Nc1ccc(I)cc1)=C(\O)CCl. The molecule has 102 valence electrons. The average molecular weight is 395 g/mol. The predicted molar refractivity (Wildman–Crippen MR) is 80.7 cm³/mol. The molecule has 19 heavy (non-hydrogen) atoms. The average Bonchev–Trinajstić information content (AvgIpc) is 2.41. The van der Waals surface area contributed by atoms with E-state index in [1.54, 1.807) is 19.1 Å². The van der Waals surface area contributed by atoms with Gasteiger partial charge in [-0.2, -0.15) is 5.11 Å². The second-order valence-electron chi connectivity index (χ2n) is 3.33. The number of carbonyl (C=O) groups excluding carboxylic acids is 1. The molecule has 0 saturated heterocycles. The maximum absolute atomic E-state index is 11.6. The molecular formula is C12H12ClIN2O3. The second kappa shape index (κ2) is 8.11. The van der Waals surface area contributed by atoms with Crippen LogP contribution in [0.25, 0.3) is 0 Å². The Morgan fingerprint density at radius 2 is 2.05 bits per heavy atom. The molecule has 0 radical (unpaired) electrons. The van der Waals surface area contributed by atoms with Crippen LogP contribution in [0.5, 0.6) is 0 Å². The van der Waals surface area contributed by atoms with E-state index in [-0.39, 0.29) is 23.9 Å². The van der Waals surface area contributed by atoms with Gasteiger partial charge in [0.25, 0.3) is 0 Å². The van der Waals surface area contributed by atoms with Gasteiger partial charge in [0.05, 0.1) is 18.2 Å². The summed E-state index contributed by atoms with van der Waals surface area (Å²) in [6.45, 7) is 1.83. The van der Waals surface area contributed by atoms with Gasteiger partial charge in [0.2, 0.25) is 5.70 Å². The van der Waals surface area contributed by atoms with E-state index in [0.717, 1.165) is 3.57 Å². The van der Waals surface area contributed by atoms with Crippen molar-refractivity contribution in [2.75, 3.05) is 12.5 Å². The normalized spacial score (nSPS) is 12.4. The fourth-order valence-corrected chi connectivity index (χ4v) is 1.58. The largest absolute Gasteiger partial charge is 0.508 e. The first-order chi connectivity index (χ1) is 9.08. The van der Waals surface area contributed by atoms with Gasteiger partial charge in [-0.1, -0.05) is 0 Å². The maximum Gasteiger partial charge on any atom is 0.362 e. The number of nitrogens with zero attached hydrogens (tertiary/aromatic N) is 2. The zero-order chi connectivity index (χ0) is 14.3. The number of rotatable bonds is 5. The van der Waals surface area contributed by atoms with E-state index < -0.39 is 5.97 Å². The van der Waals surface area contributed by atoms with Crippen molar-refractivity contribution in [2.45, 2.75) is 6.92 Å². The molecule has 1 rings (SSSR count). The van der Waals surface area contributed by atoms with Gasteiger partial charge in [0.1, 0.15) is 5.76 Å². The molecule has 0 spiro atoms. The topological polar surface area (TPSA) is 71.2 Å². The minimum atomic E-state index is -0.755. The standard InChI is InChI=1S/C12H12ClIN2O3/c1-2-19-12(18)11(10(17)7-13)16-15-9-5-3-8(14)4-6-9/h3-6,17H,2,7H2,1H3/b11-10+,16-15?. The Labute approximate surface area is 129 Å². The van der Waals surface area contributed by atoms with E-state index in [2.05, 4.69) is 32.8 Å². The van der Waals surface area contributed by atoms with Gasteiger partial charge in [0, 0.05) is 3.57 Å². The van der Waals surface area contributed by atoms with E-state index in [1.165, 1.54) is 0 Å². The summed E-state index contributed by atoms with van der Waals surface area (Å²) in [5.41, 5.74) is 0.278. The van der Waals surface area contributed by atoms with Crippen molar-refractivity contribution in [3.05, 3.63) is 39.3 Å². The number of aliphatic hydroxyl groups is 1. The van der Waals surface area contributed by atoms with E-state index in [1.807, 2.05) is 12.1 Å². The van der Waals surface area contributed by atoms with Gasteiger partial charge in [-0.15, -0.1) is 16.7 Å². The summed E-state index contributed by atoms with van der Waals surface area (Å²) in [7, 11) is 0. The third kappa shape index (κ3) is 5.15. The van der Waals surface area contributed by atoms with Gasteiger partial charge in [-0.25, -0.2) is 4.79 Å². The summed E-state index contributed by atoms with van der Waals surface area (Å²) in [6.07, 6.45) is 0. The number of halogens is 2. The zero-order valence-electron chi connectivity index (χ0n) is 10.1. The quantitative estimate of drug-likeness (QED) is 0.205. The van der Waals surface area contributed by atoms with Crippen molar-refractivity contribution >= 4 is 45.8 Å². The van der Waals surface area contributed by atoms with Crippen LogP contribution in [0.4, 0.5) is 5.69 Å². The highest BCUT2D eigenvalue weighted by Crippen LogP contribution is 2.17. The lowest BCUT2D eigenvalue weighted by Gasteiger charge is -2.03. The fourth-order valence-electron chi connectivity index (χ4n) is 1.09. The van der Waals surface area contributed by atoms with Gasteiger partial charge < -0.3 is 9.84 Å². The maximum atomic E-state index is 11.6. The van der Waals surface area contributed by atoms with Crippen LogP contribution >= 0.6 is 34.2 Å². The summed E-state index contributed by atoms with van der Waals surface area (Å²) in [4.78, 5) is 11.6. The number of hydrogen-bond donors (Lipinski definition) is 1. The Morgan fingerprint density at radius 1 is 1.42 bits per heavy atom. The number of aliphatic hydroxyl groups excluding tert-OH is 1. The van der Waals surface area contributed by atoms with Crippen molar-refractivity contribution in [1.29, 1.82) is 0 Å². The Kier molecular flexibility index (Phi) is 6.79. The molecule has 1 aromatic carbocycles. The van der Waals surface area contributed by atoms with Crippen LogP contribution in [-0.4, -0.2) is 23.6 Å². The van der Waals surface area contributed by atoms with Gasteiger partial charge in [0.15, 0.2) is 0 Å². The van der Waals surface area contributed by atoms with E-state index in [0.29, 0.717) is 5.69 Å². The lowest BCUT2D eigenvalue weighted by molar-refractivity contribution is -0.138. The number of alkyl halides is 1. The van der Waals surface area contributed by atoms with Crippen LogP contribution in [0.1, 0.15) is 6.92 Å². The lowest BCUT2D eigenvalue weighted by atomic mass is 10.3. The third-order valence-electron chi connectivity index (χ3n) is 1.96. The summed E-state index contributed by atoms with van der Waals surface area (Å²) in [5.74, 6) is -1.36. The van der Waals surface area contributed by atoms with Crippen molar-refractivity contribution < 1.29 is 14.6 Å². The molecule has 1 aromatic rings. The zero-order valence-corrected chi connectivity index (χ0v) is 13.1. The minimum Gasteiger partial charge on any atom is -0.508 e. The van der Waals surface area contributed by atoms with Crippen molar-refractivity contribution in [3.8, 4) is 0 Å². The predicted octanol–water partition coefficient (Wildman–Crippen LogP) is 3.95. The van der Waals surface area contributed by atoms with Crippen LogP contribution < -0.4 is 0 Å². The summed E-state index contributed by atoms with van der Waals surface area (Å²) in [6, 6.07) is 7.19.